The highest BCUT2D eigenvalue weighted by Gasteiger charge is 2.23. The molecule has 3 N–H and O–H groups in total. The summed E-state index contributed by atoms with van der Waals surface area (Å²) in [5, 5.41) is 14.6. The number of aromatic amines is 2. The summed E-state index contributed by atoms with van der Waals surface area (Å²) in [7, 11) is -1.49. The molecule has 26 heavy (non-hydrogen) atoms. The monoisotopic (exact) mass is 371 g/mol. The second-order valence-corrected chi connectivity index (χ2v) is 7.13. The first-order chi connectivity index (χ1) is 12.5. The van der Waals surface area contributed by atoms with Crippen molar-refractivity contribution < 1.29 is 9.32 Å². The number of hydrogen-bond acceptors (Lipinski definition) is 6. The molecule has 0 saturated heterocycles. The molecular formula is C15H13N7O3S. The van der Waals surface area contributed by atoms with Crippen molar-refractivity contribution in [1.29, 1.82) is 0 Å². The molecular weight excluding hydrogens is 358 g/mol. The van der Waals surface area contributed by atoms with E-state index in [9.17, 15) is 14.1 Å². The van der Waals surface area contributed by atoms with Crippen molar-refractivity contribution in [2.45, 2.75) is 23.9 Å². The number of nitrogens with zero attached hydrogens (tertiary/aromatic N) is 5. The minimum absolute atomic E-state index is 0.123. The maximum absolute atomic E-state index is 12.1. The van der Waals surface area contributed by atoms with Crippen molar-refractivity contribution in [3.63, 3.8) is 0 Å². The van der Waals surface area contributed by atoms with E-state index in [-0.39, 0.29) is 28.3 Å². The molecule has 1 fully saturated rings. The van der Waals surface area contributed by atoms with E-state index < -0.39 is 16.5 Å². The lowest BCUT2D eigenvalue weighted by atomic mass is 10.3. The highest BCUT2D eigenvalue weighted by Crippen LogP contribution is 2.24. The van der Waals surface area contributed by atoms with Crippen LogP contribution in [0.5, 0.6) is 5.88 Å². The summed E-state index contributed by atoms with van der Waals surface area (Å²) < 4.78 is 13.5. The minimum Gasteiger partial charge on any atom is -0.493 e. The summed E-state index contributed by atoms with van der Waals surface area (Å²) in [5.41, 5.74) is 0.402. The van der Waals surface area contributed by atoms with Crippen LogP contribution in [0.15, 0.2) is 21.0 Å². The van der Waals surface area contributed by atoms with Crippen molar-refractivity contribution in [3.8, 4) is 5.88 Å². The first-order valence-electron chi connectivity index (χ1n) is 7.67. The van der Waals surface area contributed by atoms with Gasteiger partial charge in [-0.3, -0.25) is 14.2 Å². The molecule has 1 unspecified atom stereocenters. The maximum atomic E-state index is 12.1. The molecule has 11 heteroatoms. The molecule has 4 rings (SSSR count). The number of nitrogens with one attached hydrogen (secondary N) is 2. The Morgan fingerprint density at radius 1 is 1.50 bits per heavy atom. The third-order valence-electron chi connectivity index (χ3n) is 3.86. The summed E-state index contributed by atoms with van der Waals surface area (Å²) in [5.74, 6) is -0.311. The van der Waals surface area contributed by atoms with E-state index in [2.05, 4.69) is 29.9 Å². The predicted molar refractivity (Wildman–Crippen MR) is 92.0 cm³/mol. The molecule has 1 saturated carbocycles. The van der Waals surface area contributed by atoms with Gasteiger partial charge in [-0.25, -0.2) is 19.1 Å². The molecule has 0 amide bonds. The van der Waals surface area contributed by atoms with Crippen molar-refractivity contribution in [2.24, 2.45) is 4.99 Å². The Balaban J connectivity index is 2.09. The van der Waals surface area contributed by atoms with Crippen LogP contribution >= 0.6 is 0 Å². The maximum Gasteiger partial charge on any atom is 0.326 e. The average Bonchev–Trinajstić information content (AvgIpc) is 3.24. The van der Waals surface area contributed by atoms with Crippen molar-refractivity contribution >= 4 is 28.2 Å². The van der Waals surface area contributed by atoms with E-state index in [4.69, 9.17) is 6.57 Å². The zero-order chi connectivity index (χ0) is 18.4. The van der Waals surface area contributed by atoms with Crippen LogP contribution in [0, 0.1) is 6.57 Å². The number of H-pyrrole nitrogens is 2. The molecule has 132 valence electrons. The molecule has 3 aromatic heterocycles. The van der Waals surface area contributed by atoms with Crippen molar-refractivity contribution in [2.75, 3.05) is 6.26 Å². The lowest BCUT2D eigenvalue weighted by Gasteiger charge is -2.03. The second-order valence-electron chi connectivity index (χ2n) is 5.84. The number of hydrogen-bond donors (Lipinski definition) is 3. The van der Waals surface area contributed by atoms with Crippen molar-refractivity contribution in [1.82, 2.24) is 24.6 Å². The fraction of sp³-hybridized carbons (Fsp3) is 0.267. The van der Waals surface area contributed by atoms with Crippen LogP contribution in [0.25, 0.3) is 16.6 Å². The third-order valence-corrected chi connectivity index (χ3v) is 4.69. The molecule has 1 aliphatic rings. The highest BCUT2D eigenvalue weighted by atomic mass is 32.2. The summed E-state index contributed by atoms with van der Waals surface area (Å²) in [6.45, 7) is 7.44. The average molecular weight is 371 g/mol. The predicted octanol–water partition coefficient (Wildman–Crippen LogP) is -0.650. The standard InChI is InChI=1S/C15H13N7O3S/c1-16-10-12(18-8-3-4-8)22-11(20-14(10)26(2)25)7(6-17-22)5-9-13(23)21-15(24)19-9/h5-6,8,23H,3-4H2,2H3,(H2,19,21,24)/b7-5-,18-12?. The Hall–Kier alpha value is -3.26. The second kappa shape index (κ2) is 5.92. The molecule has 1 aliphatic carbocycles. The zero-order valence-electron chi connectivity index (χ0n) is 13.6. The van der Waals surface area contributed by atoms with Gasteiger partial charge in [-0.1, -0.05) is 0 Å². The van der Waals surface area contributed by atoms with E-state index in [1.165, 1.54) is 23.0 Å². The van der Waals surface area contributed by atoms with E-state index in [0.717, 1.165) is 12.8 Å². The molecule has 0 aliphatic heterocycles. The Bertz CT molecular complexity index is 1270. The van der Waals surface area contributed by atoms with Crippen LogP contribution in [0.2, 0.25) is 0 Å². The normalized spacial score (nSPS) is 16.9. The van der Waals surface area contributed by atoms with Crippen LogP contribution in [0.3, 0.4) is 0 Å². The van der Waals surface area contributed by atoms with Crippen LogP contribution in [-0.2, 0) is 10.8 Å². The fourth-order valence-corrected chi connectivity index (χ4v) is 3.13. The van der Waals surface area contributed by atoms with Gasteiger partial charge in [0.05, 0.1) is 29.6 Å². The van der Waals surface area contributed by atoms with E-state index in [1.807, 2.05) is 0 Å². The quantitative estimate of drug-likeness (QED) is 0.416. The number of fused-ring (bicyclic) bond motifs is 1. The van der Waals surface area contributed by atoms with Crippen molar-refractivity contribution in [3.05, 3.63) is 44.5 Å². The zero-order valence-corrected chi connectivity index (χ0v) is 14.4. The lowest BCUT2D eigenvalue weighted by molar-refractivity contribution is 0.454. The van der Waals surface area contributed by atoms with Gasteiger partial charge in [0.25, 0.3) is 5.69 Å². The Morgan fingerprint density at radius 3 is 2.85 bits per heavy atom. The number of imidazole rings is 1. The molecule has 0 radical (unpaired) electrons. The van der Waals surface area contributed by atoms with Crippen LogP contribution in [-0.4, -0.2) is 46.2 Å². The smallest absolute Gasteiger partial charge is 0.326 e. The first-order valence-corrected chi connectivity index (χ1v) is 9.23. The van der Waals surface area contributed by atoms with E-state index in [0.29, 0.717) is 16.4 Å². The van der Waals surface area contributed by atoms with Gasteiger partial charge in [0.2, 0.25) is 5.88 Å². The number of aromatic nitrogens is 5. The highest BCUT2D eigenvalue weighted by molar-refractivity contribution is 7.84. The number of aromatic hydroxyl groups is 1. The van der Waals surface area contributed by atoms with Gasteiger partial charge in [0.1, 0.15) is 10.7 Å². The first kappa shape index (κ1) is 16.2. The molecule has 1 atom stereocenters. The van der Waals surface area contributed by atoms with Gasteiger partial charge in [-0.15, -0.1) is 0 Å². The summed E-state index contributed by atoms with van der Waals surface area (Å²) in [4.78, 5) is 28.3. The molecule has 0 bridgehead atoms. The van der Waals surface area contributed by atoms with Gasteiger partial charge in [-0.2, -0.15) is 5.10 Å². The van der Waals surface area contributed by atoms with Gasteiger partial charge < -0.3 is 10.1 Å². The van der Waals surface area contributed by atoms with Crippen LogP contribution in [0.4, 0.5) is 5.69 Å². The van der Waals surface area contributed by atoms with Gasteiger partial charge >= 0.3 is 5.69 Å². The number of rotatable bonds is 3. The van der Waals surface area contributed by atoms with Gasteiger partial charge in [0.15, 0.2) is 11.1 Å². The van der Waals surface area contributed by atoms with E-state index in [1.54, 1.807) is 0 Å². The third kappa shape index (κ3) is 2.70. The molecule has 3 heterocycles. The van der Waals surface area contributed by atoms with Crippen LogP contribution < -0.4 is 16.4 Å². The topological polar surface area (TPSA) is 133 Å². The minimum atomic E-state index is -1.49. The lowest BCUT2D eigenvalue weighted by Crippen LogP contribution is -2.21. The Kier molecular flexibility index (Phi) is 3.69. The van der Waals surface area contributed by atoms with Gasteiger partial charge in [-0.05, 0) is 18.9 Å². The Morgan fingerprint density at radius 2 is 2.27 bits per heavy atom. The molecule has 3 aromatic rings. The molecule has 0 aromatic carbocycles. The van der Waals surface area contributed by atoms with E-state index >= 15 is 0 Å². The Labute approximate surface area is 148 Å². The SMILES string of the molecule is [C-]#[N+]c1c(S(C)=O)nc2/c(=C\c3[nH]c(=O)[nH]c3O)cnn2c1=NC1CC1. The summed E-state index contributed by atoms with van der Waals surface area (Å²) in [6, 6.07) is 0.126. The summed E-state index contributed by atoms with van der Waals surface area (Å²) >= 11 is 0. The van der Waals surface area contributed by atoms with Gasteiger partial charge in [0, 0.05) is 11.5 Å². The molecule has 0 spiro atoms. The van der Waals surface area contributed by atoms with Crippen LogP contribution in [0.1, 0.15) is 18.5 Å². The fourth-order valence-electron chi connectivity index (χ4n) is 2.51. The largest absolute Gasteiger partial charge is 0.493 e. The summed E-state index contributed by atoms with van der Waals surface area (Å²) in [6.07, 6.45) is 6.29. The molecule has 10 nitrogen and oxygen atoms in total.